The monoisotopic (exact) mass is 279 g/mol. The first kappa shape index (κ1) is 14.7. The Morgan fingerprint density at radius 1 is 1.42 bits per heavy atom. The number of rotatable bonds is 5. The minimum Gasteiger partial charge on any atom is -0.508 e. The number of phenolic OH excluding ortho intramolecular Hbond substituents is 1. The van der Waals surface area contributed by atoms with Gasteiger partial charge in [0, 0.05) is 16.9 Å². The van der Waals surface area contributed by atoms with Crippen LogP contribution in [0.3, 0.4) is 0 Å². The minimum absolute atomic E-state index is 0.318. The molecule has 2 N–H and O–H groups in total. The van der Waals surface area contributed by atoms with Crippen molar-refractivity contribution >= 4 is 11.8 Å². The highest BCUT2D eigenvalue weighted by atomic mass is 32.2. The fourth-order valence-electron chi connectivity index (χ4n) is 3.11. The van der Waals surface area contributed by atoms with Crippen molar-refractivity contribution < 1.29 is 5.11 Å². The average molecular weight is 279 g/mol. The van der Waals surface area contributed by atoms with E-state index in [4.69, 9.17) is 0 Å². The molecule has 3 heteroatoms. The summed E-state index contributed by atoms with van der Waals surface area (Å²) in [6.45, 7) is 7.69. The van der Waals surface area contributed by atoms with Crippen molar-refractivity contribution in [3.63, 3.8) is 0 Å². The van der Waals surface area contributed by atoms with E-state index in [1.165, 1.54) is 17.5 Å². The maximum Gasteiger partial charge on any atom is 0.120 e. The Balaban J connectivity index is 2.09. The summed E-state index contributed by atoms with van der Waals surface area (Å²) >= 11 is 1.91. The zero-order valence-corrected chi connectivity index (χ0v) is 13.2. The highest BCUT2D eigenvalue weighted by Crippen LogP contribution is 2.45. The lowest BCUT2D eigenvalue weighted by molar-refractivity contribution is 0.444. The summed E-state index contributed by atoms with van der Waals surface area (Å²) in [5.41, 5.74) is 3.81. The zero-order chi connectivity index (χ0) is 14.0. The van der Waals surface area contributed by atoms with Gasteiger partial charge in [-0.15, -0.1) is 0 Å². The molecule has 3 atom stereocenters. The first-order valence-corrected chi connectivity index (χ1v) is 8.42. The Bertz CT molecular complexity index is 447. The Kier molecular flexibility index (Phi) is 4.80. The fourth-order valence-corrected chi connectivity index (χ4v) is 3.46. The van der Waals surface area contributed by atoms with Crippen LogP contribution in [0.25, 0.3) is 0 Å². The SMILES string of the molecule is CSC(C)CCNC1CC(C)c2c(C)ccc(O)c21. The molecule has 0 bridgehead atoms. The lowest BCUT2D eigenvalue weighted by atomic mass is 9.97. The van der Waals surface area contributed by atoms with Gasteiger partial charge in [-0.1, -0.05) is 19.9 Å². The van der Waals surface area contributed by atoms with E-state index >= 15 is 0 Å². The lowest BCUT2D eigenvalue weighted by Gasteiger charge is -2.17. The van der Waals surface area contributed by atoms with Crippen LogP contribution in [0.1, 0.15) is 55.3 Å². The maximum atomic E-state index is 10.2. The predicted octanol–water partition coefficient (Wildman–Crippen LogP) is 3.98. The summed E-state index contributed by atoms with van der Waals surface area (Å²) in [6, 6.07) is 4.19. The molecule has 0 saturated heterocycles. The van der Waals surface area contributed by atoms with Crippen LogP contribution in [0.15, 0.2) is 12.1 Å². The van der Waals surface area contributed by atoms with Gasteiger partial charge in [-0.25, -0.2) is 0 Å². The van der Waals surface area contributed by atoms with Crippen LogP contribution in [0, 0.1) is 6.92 Å². The summed E-state index contributed by atoms with van der Waals surface area (Å²) in [5, 5.41) is 14.5. The van der Waals surface area contributed by atoms with Crippen molar-refractivity contribution in [2.45, 2.75) is 50.8 Å². The normalized spacial score (nSPS) is 23.4. The standard InChI is InChI=1S/C16H25NOS/c1-10-5-6-14(18)16-13(9-11(2)15(10)16)17-8-7-12(3)19-4/h5-6,11-13,17-18H,7-9H2,1-4H3. The number of hydrogen-bond acceptors (Lipinski definition) is 3. The largest absolute Gasteiger partial charge is 0.508 e. The molecule has 0 aromatic heterocycles. The molecule has 0 amide bonds. The molecule has 1 aliphatic carbocycles. The molecule has 2 nitrogen and oxygen atoms in total. The Morgan fingerprint density at radius 2 is 2.16 bits per heavy atom. The first-order valence-electron chi connectivity index (χ1n) is 7.13. The topological polar surface area (TPSA) is 32.3 Å². The van der Waals surface area contributed by atoms with Crippen molar-refractivity contribution in [3.8, 4) is 5.75 Å². The number of aromatic hydroxyl groups is 1. The molecular weight excluding hydrogens is 254 g/mol. The Hall–Kier alpha value is -0.670. The van der Waals surface area contributed by atoms with Gasteiger partial charge in [0.2, 0.25) is 0 Å². The summed E-state index contributed by atoms with van der Waals surface area (Å²) in [6.07, 6.45) is 4.43. The summed E-state index contributed by atoms with van der Waals surface area (Å²) < 4.78 is 0. The molecule has 0 saturated carbocycles. The van der Waals surface area contributed by atoms with Crippen molar-refractivity contribution in [1.29, 1.82) is 0 Å². The number of thioether (sulfide) groups is 1. The van der Waals surface area contributed by atoms with Crippen LogP contribution < -0.4 is 5.32 Å². The van der Waals surface area contributed by atoms with Crippen molar-refractivity contribution in [2.24, 2.45) is 0 Å². The molecule has 0 radical (unpaired) electrons. The summed E-state index contributed by atoms with van der Waals surface area (Å²) in [4.78, 5) is 0. The number of hydrogen-bond donors (Lipinski definition) is 2. The number of fused-ring (bicyclic) bond motifs is 1. The number of aryl methyl sites for hydroxylation is 1. The third kappa shape index (κ3) is 3.09. The van der Waals surface area contributed by atoms with Crippen LogP contribution in [0.2, 0.25) is 0 Å². The predicted molar refractivity (Wildman–Crippen MR) is 84.2 cm³/mol. The summed E-state index contributed by atoms with van der Waals surface area (Å²) in [7, 11) is 0. The van der Waals surface area contributed by atoms with E-state index in [1.807, 2.05) is 23.9 Å². The van der Waals surface area contributed by atoms with Gasteiger partial charge in [-0.3, -0.25) is 0 Å². The van der Waals surface area contributed by atoms with Gasteiger partial charge in [0.25, 0.3) is 0 Å². The number of nitrogens with one attached hydrogen (secondary N) is 1. The van der Waals surface area contributed by atoms with Gasteiger partial charge in [-0.2, -0.15) is 11.8 Å². The van der Waals surface area contributed by atoms with E-state index in [9.17, 15) is 5.11 Å². The molecule has 106 valence electrons. The van der Waals surface area contributed by atoms with Crippen LogP contribution in [0.5, 0.6) is 5.75 Å². The Morgan fingerprint density at radius 3 is 2.84 bits per heavy atom. The van der Waals surface area contributed by atoms with Gasteiger partial charge in [0.15, 0.2) is 0 Å². The smallest absolute Gasteiger partial charge is 0.120 e. The van der Waals surface area contributed by atoms with Crippen molar-refractivity contribution in [1.82, 2.24) is 5.32 Å². The van der Waals surface area contributed by atoms with E-state index < -0.39 is 0 Å². The third-order valence-electron chi connectivity index (χ3n) is 4.26. The molecule has 3 unspecified atom stereocenters. The van der Waals surface area contributed by atoms with E-state index in [-0.39, 0.29) is 0 Å². The molecule has 1 aromatic carbocycles. The molecule has 0 spiro atoms. The van der Waals surface area contributed by atoms with E-state index in [2.05, 4.69) is 32.3 Å². The fraction of sp³-hybridized carbons (Fsp3) is 0.625. The van der Waals surface area contributed by atoms with Crippen LogP contribution in [-0.4, -0.2) is 23.2 Å². The molecule has 1 aromatic rings. The lowest BCUT2D eigenvalue weighted by Crippen LogP contribution is -2.22. The summed E-state index contributed by atoms with van der Waals surface area (Å²) in [5.74, 6) is 0.998. The minimum atomic E-state index is 0.318. The number of phenols is 1. The molecule has 0 fully saturated rings. The van der Waals surface area contributed by atoms with E-state index in [0.717, 1.165) is 18.5 Å². The highest BCUT2D eigenvalue weighted by Gasteiger charge is 2.31. The first-order chi connectivity index (χ1) is 9.04. The number of benzene rings is 1. The average Bonchev–Trinajstić information content (AvgIpc) is 2.72. The molecule has 0 aliphatic heterocycles. The van der Waals surface area contributed by atoms with Gasteiger partial charge in [0.05, 0.1) is 0 Å². The molecule has 2 rings (SSSR count). The molecule has 0 heterocycles. The molecule has 19 heavy (non-hydrogen) atoms. The van der Waals surface area contributed by atoms with Crippen LogP contribution in [0.4, 0.5) is 0 Å². The van der Waals surface area contributed by atoms with Crippen molar-refractivity contribution in [3.05, 3.63) is 28.8 Å². The highest BCUT2D eigenvalue weighted by molar-refractivity contribution is 7.99. The van der Waals surface area contributed by atoms with Gasteiger partial charge < -0.3 is 10.4 Å². The second-order valence-corrected chi connectivity index (χ2v) is 6.98. The quantitative estimate of drug-likeness (QED) is 0.855. The maximum absolute atomic E-state index is 10.2. The second-order valence-electron chi connectivity index (χ2n) is 5.71. The van der Waals surface area contributed by atoms with Crippen LogP contribution >= 0.6 is 11.8 Å². The van der Waals surface area contributed by atoms with Gasteiger partial charge in [0.1, 0.15) is 5.75 Å². The second kappa shape index (κ2) is 6.19. The van der Waals surface area contributed by atoms with E-state index in [0.29, 0.717) is 23.0 Å². The van der Waals surface area contributed by atoms with Crippen LogP contribution in [-0.2, 0) is 0 Å². The Labute approximate surface area is 121 Å². The zero-order valence-electron chi connectivity index (χ0n) is 12.4. The van der Waals surface area contributed by atoms with Gasteiger partial charge in [-0.05, 0) is 55.7 Å². The molecule has 1 aliphatic rings. The van der Waals surface area contributed by atoms with E-state index in [1.54, 1.807) is 0 Å². The molecular formula is C16H25NOS. The third-order valence-corrected chi connectivity index (χ3v) is 5.30. The van der Waals surface area contributed by atoms with Gasteiger partial charge >= 0.3 is 0 Å². The van der Waals surface area contributed by atoms with Crippen molar-refractivity contribution in [2.75, 3.05) is 12.8 Å².